The molecule has 1 aliphatic heterocycles. The van der Waals surface area contributed by atoms with Gasteiger partial charge in [0.05, 0.1) is 0 Å². The van der Waals surface area contributed by atoms with E-state index in [0.717, 1.165) is 0 Å². The van der Waals surface area contributed by atoms with Crippen LogP contribution in [-0.4, -0.2) is 17.3 Å². The van der Waals surface area contributed by atoms with Crippen LogP contribution in [0.5, 0.6) is 0 Å². The lowest BCUT2D eigenvalue weighted by atomic mass is 10.3. The first-order chi connectivity index (χ1) is 5.16. The van der Waals surface area contributed by atoms with Gasteiger partial charge in [-0.05, 0) is 17.7 Å². The van der Waals surface area contributed by atoms with Gasteiger partial charge in [0.2, 0.25) is 0 Å². The van der Waals surface area contributed by atoms with E-state index < -0.39 is 17.3 Å². The molecule has 0 saturated carbocycles. The minimum atomic E-state index is -4.51. The Kier molecular flexibility index (Phi) is 1.88. The fraction of sp³-hybridized carbons (Fsp3) is 0.600. The highest BCUT2D eigenvalue weighted by atomic mass is 35.5. The van der Waals surface area contributed by atoms with Gasteiger partial charge in [-0.2, -0.15) is 22.0 Å². The number of alkyl halides is 6. The zero-order valence-corrected chi connectivity index (χ0v) is 6.09. The van der Waals surface area contributed by atoms with Gasteiger partial charge in [0, 0.05) is 6.08 Å². The quantitative estimate of drug-likeness (QED) is 0.366. The third-order valence-corrected chi connectivity index (χ3v) is 1.42. The standard InChI is InChI=1S/C5H2ClF5O/c6-5(10,11)3(7)1-2-4(8,9)12-3/h1-2H/t3-/m1/s1. The summed E-state index contributed by atoms with van der Waals surface area (Å²) in [7, 11) is 0. The third kappa shape index (κ3) is 1.54. The van der Waals surface area contributed by atoms with Crippen LogP contribution in [0.25, 0.3) is 0 Å². The van der Waals surface area contributed by atoms with E-state index in [2.05, 4.69) is 16.3 Å². The molecule has 70 valence electrons. The molecule has 0 spiro atoms. The highest BCUT2D eigenvalue weighted by Crippen LogP contribution is 2.46. The van der Waals surface area contributed by atoms with Crippen LogP contribution < -0.4 is 0 Å². The number of halogens is 6. The normalized spacial score (nSPS) is 34.2. The Morgan fingerprint density at radius 2 is 1.67 bits per heavy atom. The summed E-state index contributed by atoms with van der Waals surface area (Å²) in [5.41, 5.74) is 0. The van der Waals surface area contributed by atoms with Crippen molar-refractivity contribution in [3.8, 4) is 0 Å². The minimum absolute atomic E-state index is 0.111. The smallest absolute Gasteiger partial charge is 0.269 e. The van der Waals surface area contributed by atoms with Crippen LogP contribution in [0.2, 0.25) is 0 Å². The van der Waals surface area contributed by atoms with Crippen molar-refractivity contribution in [1.82, 2.24) is 0 Å². The summed E-state index contributed by atoms with van der Waals surface area (Å²) < 4.78 is 63.9. The lowest BCUT2D eigenvalue weighted by molar-refractivity contribution is -0.312. The Balaban J connectivity index is 2.88. The first-order valence-corrected chi connectivity index (χ1v) is 3.08. The average molecular weight is 209 g/mol. The Hall–Kier alpha value is -0.360. The second-order valence-corrected chi connectivity index (χ2v) is 2.61. The van der Waals surface area contributed by atoms with Crippen LogP contribution in [0.4, 0.5) is 22.0 Å². The van der Waals surface area contributed by atoms with E-state index in [9.17, 15) is 22.0 Å². The Morgan fingerprint density at radius 1 is 1.17 bits per heavy atom. The molecule has 12 heavy (non-hydrogen) atoms. The van der Waals surface area contributed by atoms with Crippen molar-refractivity contribution >= 4 is 11.6 Å². The molecule has 0 saturated heterocycles. The molecule has 1 aliphatic rings. The molecule has 1 rings (SSSR count). The van der Waals surface area contributed by atoms with Gasteiger partial charge < -0.3 is 0 Å². The van der Waals surface area contributed by atoms with Gasteiger partial charge in [-0.25, -0.2) is 0 Å². The summed E-state index contributed by atoms with van der Waals surface area (Å²) in [6, 6.07) is 0. The molecule has 0 radical (unpaired) electrons. The fourth-order valence-corrected chi connectivity index (χ4v) is 0.724. The molecular weight excluding hydrogens is 206 g/mol. The second-order valence-electron chi connectivity index (χ2n) is 2.14. The Bertz CT molecular complexity index is 222. The largest absolute Gasteiger partial charge is 0.383 e. The Morgan fingerprint density at radius 3 is 1.83 bits per heavy atom. The molecule has 0 aromatic rings. The minimum Gasteiger partial charge on any atom is -0.269 e. The summed E-state index contributed by atoms with van der Waals surface area (Å²) in [6.07, 6.45) is -4.27. The second kappa shape index (κ2) is 2.32. The molecule has 0 unspecified atom stereocenters. The van der Waals surface area contributed by atoms with Crippen LogP contribution in [0, 0.1) is 0 Å². The fourth-order valence-electron chi connectivity index (χ4n) is 0.623. The molecule has 0 aromatic carbocycles. The van der Waals surface area contributed by atoms with Gasteiger partial charge in [0.15, 0.2) is 0 Å². The SMILES string of the molecule is FC1(F)C=C[C@](F)(C(F)(F)Cl)O1. The predicted octanol–water partition coefficient (Wildman–Crippen LogP) is 2.66. The number of ether oxygens (including phenoxy) is 1. The van der Waals surface area contributed by atoms with Crippen LogP contribution in [0.1, 0.15) is 0 Å². The summed E-state index contributed by atoms with van der Waals surface area (Å²) in [4.78, 5) is 0. The predicted molar refractivity (Wildman–Crippen MR) is 29.8 cm³/mol. The molecule has 0 aliphatic carbocycles. The van der Waals surface area contributed by atoms with E-state index in [1.807, 2.05) is 0 Å². The van der Waals surface area contributed by atoms with Crippen LogP contribution in [0.3, 0.4) is 0 Å². The number of hydrogen-bond donors (Lipinski definition) is 0. The van der Waals surface area contributed by atoms with E-state index in [4.69, 9.17) is 0 Å². The van der Waals surface area contributed by atoms with Gasteiger partial charge in [-0.1, -0.05) is 0 Å². The van der Waals surface area contributed by atoms with E-state index in [1.165, 1.54) is 0 Å². The van der Waals surface area contributed by atoms with Crippen LogP contribution in [0.15, 0.2) is 12.2 Å². The molecule has 1 heterocycles. The topological polar surface area (TPSA) is 9.23 Å². The maximum absolute atomic E-state index is 12.6. The molecule has 0 amide bonds. The van der Waals surface area contributed by atoms with E-state index in [0.29, 0.717) is 0 Å². The van der Waals surface area contributed by atoms with Crippen molar-refractivity contribution in [2.45, 2.75) is 17.3 Å². The monoisotopic (exact) mass is 208 g/mol. The summed E-state index contributed by atoms with van der Waals surface area (Å²) in [5, 5.41) is -4.51. The van der Waals surface area contributed by atoms with E-state index in [1.54, 1.807) is 0 Å². The van der Waals surface area contributed by atoms with Gasteiger partial charge in [-0.3, -0.25) is 4.74 Å². The van der Waals surface area contributed by atoms with Gasteiger partial charge >= 0.3 is 17.3 Å². The molecule has 0 N–H and O–H groups in total. The van der Waals surface area contributed by atoms with E-state index in [-0.39, 0.29) is 12.2 Å². The number of hydrogen-bond acceptors (Lipinski definition) is 1. The Labute approximate surface area is 68.7 Å². The van der Waals surface area contributed by atoms with Crippen molar-refractivity contribution in [2.75, 3.05) is 0 Å². The number of rotatable bonds is 1. The lowest BCUT2D eigenvalue weighted by Gasteiger charge is -2.23. The maximum Gasteiger partial charge on any atom is 0.383 e. The summed E-state index contributed by atoms with van der Waals surface area (Å²) in [6.45, 7) is 0. The zero-order chi connectivity index (χ0) is 9.62. The van der Waals surface area contributed by atoms with Crippen molar-refractivity contribution in [3.63, 3.8) is 0 Å². The van der Waals surface area contributed by atoms with Crippen molar-refractivity contribution in [1.29, 1.82) is 0 Å². The van der Waals surface area contributed by atoms with Gasteiger partial charge in [-0.15, -0.1) is 0 Å². The van der Waals surface area contributed by atoms with Gasteiger partial charge in [0.25, 0.3) is 0 Å². The summed E-state index contributed by atoms with van der Waals surface area (Å²) >= 11 is 4.19. The third-order valence-electron chi connectivity index (χ3n) is 1.16. The maximum atomic E-state index is 12.6. The highest BCUT2D eigenvalue weighted by Gasteiger charge is 2.61. The van der Waals surface area contributed by atoms with Crippen LogP contribution >= 0.6 is 11.6 Å². The van der Waals surface area contributed by atoms with Crippen molar-refractivity contribution < 1.29 is 26.7 Å². The summed E-state index contributed by atoms with van der Waals surface area (Å²) in [5.74, 6) is -3.93. The zero-order valence-electron chi connectivity index (χ0n) is 5.33. The van der Waals surface area contributed by atoms with Crippen LogP contribution in [-0.2, 0) is 4.74 Å². The first kappa shape index (κ1) is 9.73. The molecule has 1 nitrogen and oxygen atoms in total. The lowest BCUT2D eigenvalue weighted by Crippen LogP contribution is -2.41. The van der Waals surface area contributed by atoms with Crippen molar-refractivity contribution in [3.05, 3.63) is 12.2 Å². The molecule has 1 atom stereocenters. The highest BCUT2D eigenvalue weighted by molar-refractivity contribution is 6.22. The molecule has 0 aromatic heterocycles. The molecule has 7 heteroatoms. The van der Waals surface area contributed by atoms with Gasteiger partial charge in [0.1, 0.15) is 0 Å². The molecular formula is C5H2ClF5O. The van der Waals surface area contributed by atoms with E-state index >= 15 is 0 Å². The molecule has 0 fully saturated rings. The first-order valence-electron chi connectivity index (χ1n) is 2.70. The average Bonchev–Trinajstić information content (AvgIpc) is 2.05. The van der Waals surface area contributed by atoms with Crippen molar-refractivity contribution in [2.24, 2.45) is 0 Å². The molecule has 0 bridgehead atoms.